The highest BCUT2D eigenvalue weighted by molar-refractivity contribution is 7.90. The molecule has 0 bridgehead atoms. The quantitative estimate of drug-likeness (QED) is 0.520. The van der Waals surface area contributed by atoms with E-state index in [1.807, 2.05) is 0 Å². The molecule has 0 aliphatic heterocycles. The standard InChI is InChI=1S/C10H16N4O2S/c1-3-13-17(15,16)14(2)9-7-5-4-6-8(9)10(11)12/h4-7,13H,3H2,1-2H3,(H3,11,12). The smallest absolute Gasteiger partial charge is 0.301 e. The molecule has 6 nitrogen and oxygen atoms in total. The third-order valence-electron chi connectivity index (χ3n) is 2.22. The maximum atomic E-state index is 11.8. The van der Waals surface area contributed by atoms with Crippen LogP contribution in [0.4, 0.5) is 5.69 Å². The van der Waals surface area contributed by atoms with Crippen molar-refractivity contribution in [2.45, 2.75) is 6.92 Å². The second kappa shape index (κ2) is 5.15. The van der Waals surface area contributed by atoms with Gasteiger partial charge in [0.2, 0.25) is 0 Å². The van der Waals surface area contributed by atoms with Gasteiger partial charge in [0.25, 0.3) is 0 Å². The maximum Gasteiger partial charge on any atom is 0.301 e. The van der Waals surface area contributed by atoms with Gasteiger partial charge in [0.05, 0.1) is 5.69 Å². The Morgan fingerprint density at radius 3 is 2.59 bits per heavy atom. The van der Waals surface area contributed by atoms with Gasteiger partial charge in [-0.15, -0.1) is 0 Å². The Morgan fingerprint density at radius 2 is 2.06 bits per heavy atom. The summed E-state index contributed by atoms with van der Waals surface area (Å²) >= 11 is 0. The van der Waals surface area contributed by atoms with Gasteiger partial charge in [0.15, 0.2) is 0 Å². The Kier molecular flexibility index (Phi) is 4.08. The van der Waals surface area contributed by atoms with Crippen LogP contribution in [0.5, 0.6) is 0 Å². The minimum Gasteiger partial charge on any atom is -0.384 e. The zero-order chi connectivity index (χ0) is 13.1. The molecule has 1 aromatic carbocycles. The molecule has 0 fully saturated rings. The van der Waals surface area contributed by atoms with Crippen LogP contribution in [0.2, 0.25) is 0 Å². The number of hydrogen-bond donors (Lipinski definition) is 3. The van der Waals surface area contributed by atoms with Gasteiger partial charge in [0, 0.05) is 19.2 Å². The second-order valence-electron chi connectivity index (χ2n) is 3.40. The summed E-state index contributed by atoms with van der Waals surface area (Å²) in [7, 11) is -2.17. The van der Waals surface area contributed by atoms with E-state index in [1.54, 1.807) is 31.2 Å². The predicted octanol–water partition coefficient (Wildman–Crippen LogP) is 0.261. The molecular formula is C10H16N4O2S. The van der Waals surface area contributed by atoms with Gasteiger partial charge in [0.1, 0.15) is 5.84 Å². The summed E-state index contributed by atoms with van der Waals surface area (Å²) in [6, 6.07) is 6.61. The van der Waals surface area contributed by atoms with Crippen LogP contribution in [-0.4, -0.2) is 27.8 Å². The van der Waals surface area contributed by atoms with E-state index in [-0.39, 0.29) is 5.84 Å². The van der Waals surface area contributed by atoms with E-state index in [2.05, 4.69) is 4.72 Å². The lowest BCUT2D eigenvalue weighted by Crippen LogP contribution is -2.39. The van der Waals surface area contributed by atoms with Gasteiger partial charge in [-0.25, -0.2) is 0 Å². The molecule has 0 saturated carbocycles. The highest BCUT2D eigenvalue weighted by Crippen LogP contribution is 2.20. The van der Waals surface area contributed by atoms with Gasteiger partial charge in [-0.2, -0.15) is 13.1 Å². The molecule has 0 aliphatic rings. The molecule has 0 aliphatic carbocycles. The van der Waals surface area contributed by atoms with E-state index < -0.39 is 10.2 Å². The number of nitrogens with two attached hydrogens (primary N) is 1. The first kappa shape index (κ1) is 13.5. The zero-order valence-corrected chi connectivity index (χ0v) is 10.6. The van der Waals surface area contributed by atoms with Crippen molar-refractivity contribution < 1.29 is 8.42 Å². The fraction of sp³-hybridized carbons (Fsp3) is 0.300. The molecule has 0 atom stereocenters. The van der Waals surface area contributed by atoms with Crippen molar-refractivity contribution in [1.29, 1.82) is 5.41 Å². The zero-order valence-electron chi connectivity index (χ0n) is 9.77. The molecule has 0 saturated heterocycles. The fourth-order valence-corrected chi connectivity index (χ4v) is 2.36. The van der Waals surface area contributed by atoms with Crippen LogP contribution in [0.3, 0.4) is 0 Å². The van der Waals surface area contributed by atoms with E-state index in [0.717, 1.165) is 4.31 Å². The molecular weight excluding hydrogens is 240 g/mol. The monoisotopic (exact) mass is 256 g/mol. The minimum absolute atomic E-state index is 0.167. The van der Waals surface area contributed by atoms with E-state index >= 15 is 0 Å². The van der Waals surface area contributed by atoms with E-state index in [1.165, 1.54) is 7.05 Å². The number of anilines is 1. The summed E-state index contributed by atoms with van der Waals surface area (Å²) in [4.78, 5) is 0. The number of nitrogens with zero attached hydrogens (tertiary/aromatic N) is 1. The van der Waals surface area contributed by atoms with Crippen molar-refractivity contribution in [3.8, 4) is 0 Å². The Bertz CT molecular complexity index is 513. The first-order valence-corrected chi connectivity index (χ1v) is 6.51. The van der Waals surface area contributed by atoms with Crippen molar-refractivity contribution >= 4 is 21.7 Å². The van der Waals surface area contributed by atoms with Crippen LogP contribution in [0.25, 0.3) is 0 Å². The second-order valence-corrected chi connectivity index (χ2v) is 5.19. The fourth-order valence-electron chi connectivity index (χ4n) is 1.38. The molecule has 94 valence electrons. The predicted molar refractivity (Wildman–Crippen MR) is 68.5 cm³/mol. The molecule has 0 aromatic heterocycles. The molecule has 1 aromatic rings. The molecule has 0 radical (unpaired) electrons. The Morgan fingerprint density at radius 1 is 1.47 bits per heavy atom. The molecule has 0 spiro atoms. The lowest BCUT2D eigenvalue weighted by atomic mass is 10.1. The van der Waals surface area contributed by atoms with Gasteiger partial charge < -0.3 is 5.73 Å². The van der Waals surface area contributed by atoms with Gasteiger partial charge in [-0.1, -0.05) is 19.1 Å². The third-order valence-corrected chi connectivity index (χ3v) is 3.79. The molecule has 1 rings (SSSR count). The molecule has 7 heteroatoms. The van der Waals surface area contributed by atoms with Crippen LogP contribution in [-0.2, 0) is 10.2 Å². The summed E-state index contributed by atoms with van der Waals surface area (Å²) < 4.78 is 27.1. The maximum absolute atomic E-state index is 11.8. The topological polar surface area (TPSA) is 99.3 Å². The first-order chi connectivity index (χ1) is 7.90. The number of amidine groups is 1. The van der Waals surface area contributed by atoms with Crippen LogP contribution < -0.4 is 14.8 Å². The number of nitrogen functional groups attached to an aromatic ring is 1. The molecule has 17 heavy (non-hydrogen) atoms. The lowest BCUT2D eigenvalue weighted by Gasteiger charge is -2.21. The number of rotatable bonds is 5. The molecule has 0 unspecified atom stereocenters. The van der Waals surface area contributed by atoms with Crippen molar-refractivity contribution in [3.05, 3.63) is 29.8 Å². The van der Waals surface area contributed by atoms with Crippen molar-refractivity contribution in [2.75, 3.05) is 17.9 Å². The number of hydrogen-bond acceptors (Lipinski definition) is 3. The largest absolute Gasteiger partial charge is 0.384 e. The van der Waals surface area contributed by atoms with Gasteiger partial charge in [-0.3, -0.25) is 9.71 Å². The van der Waals surface area contributed by atoms with E-state index in [9.17, 15) is 8.42 Å². The number of nitrogens with one attached hydrogen (secondary N) is 2. The van der Waals surface area contributed by atoms with Crippen LogP contribution in [0.15, 0.2) is 24.3 Å². The average molecular weight is 256 g/mol. The van der Waals surface area contributed by atoms with E-state index in [4.69, 9.17) is 11.1 Å². The van der Waals surface area contributed by atoms with Crippen LogP contribution in [0.1, 0.15) is 12.5 Å². The summed E-state index contributed by atoms with van der Waals surface area (Å²) in [6.07, 6.45) is 0. The van der Waals surface area contributed by atoms with E-state index in [0.29, 0.717) is 17.8 Å². The summed E-state index contributed by atoms with van der Waals surface area (Å²) in [5.41, 5.74) is 6.17. The van der Waals surface area contributed by atoms with Gasteiger partial charge >= 0.3 is 10.2 Å². The Balaban J connectivity index is 3.21. The van der Waals surface area contributed by atoms with Crippen molar-refractivity contribution in [1.82, 2.24) is 4.72 Å². The third kappa shape index (κ3) is 2.95. The summed E-state index contributed by atoms with van der Waals surface area (Å²) in [6.45, 7) is 2.00. The van der Waals surface area contributed by atoms with Crippen LogP contribution >= 0.6 is 0 Å². The highest BCUT2D eigenvalue weighted by Gasteiger charge is 2.19. The van der Waals surface area contributed by atoms with Crippen molar-refractivity contribution in [2.24, 2.45) is 5.73 Å². The first-order valence-electron chi connectivity index (χ1n) is 5.07. The number of para-hydroxylation sites is 1. The molecule has 0 heterocycles. The number of benzene rings is 1. The average Bonchev–Trinajstić information content (AvgIpc) is 2.28. The Hall–Kier alpha value is -1.60. The SMILES string of the molecule is CCNS(=O)(=O)N(C)c1ccccc1C(=N)N. The summed E-state index contributed by atoms with van der Waals surface area (Å²) in [5.74, 6) is -0.167. The lowest BCUT2D eigenvalue weighted by molar-refractivity contribution is 0.582. The summed E-state index contributed by atoms with van der Waals surface area (Å²) in [5, 5.41) is 7.41. The van der Waals surface area contributed by atoms with Gasteiger partial charge in [-0.05, 0) is 12.1 Å². The Labute approximate surface area is 101 Å². The highest BCUT2D eigenvalue weighted by atomic mass is 32.2. The normalized spacial score (nSPS) is 11.2. The molecule has 4 N–H and O–H groups in total. The van der Waals surface area contributed by atoms with Crippen LogP contribution in [0, 0.1) is 5.41 Å². The van der Waals surface area contributed by atoms with Crippen molar-refractivity contribution in [3.63, 3.8) is 0 Å². The minimum atomic E-state index is -3.59. The molecule has 0 amide bonds.